The fourth-order valence-electron chi connectivity index (χ4n) is 1.93. The zero-order valence-electron chi connectivity index (χ0n) is 13.8. The van der Waals surface area contributed by atoms with E-state index in [0.29, 0.717) is 12.3 Å². The Labute approximate surface area is 136 Å². The maximum Gasteiger partial charge on any atom is 0.330 e. The number of nitrogens with one attached hydrogen (secondary N) is 1. The Morgan fingerprint density at radius 3 is 2.48 bits per heavy atom. The van der Waals surface area contributed by atoms with Gasteiger partial charge in [-0.15, -0.1) is 0 Å². The number of esters is 1. The summed E-state index contributed by atoms with van der Waals surface area (Å²) >= 11 is 0. The molecule has 1 aromatic rings. The lowest BCUT2D eigenvalue weighted by Gasteiger charge is -2.26. The Bertz CT molecular complexity index is 538. The van der Waals surface area contributed by atoms with Crippen LogP contribution in [0.3, 0.4) is 0 Å². The first-order valence-electron chi connectivity index (χ1n) is 7.61. The molecule has 0 heterocycles. The molecule has 0 bridgehead atoms. The van der Waals surface area contributed by atoms with Crippen molar-refractivity contribution in [3.05, 3.63) is 35.9 Å². The van der Waals surface area contributed by atoms with Crippen LogP contribution in [0.5, 0.6) is 0 Å². The fourth-order valence-corrected chi connectivity index (χ4v) is 1.93. The third-order valence-corrected chi connectivity index (χ3v) is 3.09. The van der Waals surface area contributed by atoms with Crippen molar-refractivity contribution in [3.63, 3.8) is 0 Å². The molecule has 0 aliphatic heterocycles. The number of benzene rings is 1. The SMILES string of the molecule is CCOC(=O)/C=C/c1ccc(NC(=O)N(CCO)C(C)C)cc1. The Balaban J connectivity index is 2.66. The van der Waals surface area contributed by atoms with Gasteiger partial charge in [0.15, 0.2) is 0 Å². The van der Waals surface area contributed by atoms with Crippen molar-refractivity contribution < 1.29 is 19.4 Å². The minimum Gasteiger partial charge on any atom is -0.463 e. The molecule has 6 heteroatoms. The van der Waals surface area contributed by atoms with E-state index in [1.807, 2.05) is 13.8 Å². The largest absolute Gasteiger partial charge is 0.463 e. The summed E-state index contributed by atoms with van der Waals surface area (Å²) in [7, 11) is 0. The molecule has 1 aromatic carbocycles. The molecular weight excluding hydrogens is 296 g/mol. The third kappa shape index (κ3) is 6.52. The highest BCUT2D eigenvalue weighted by atomic mass is 16.5. The van der Waals surface area contributed by atoms with Gasteiger partial charge in [0, 0.05) is 24.4 Å². The van der Waals surface area contributed by atoms with E-state index >= 15 is 0 Å². The lowest BCUT2D eigenvalue weighted by molar-refractivity contribution is -0.137. The third-order valence-electron chi connectivity index (χ3n) is 3.09. The van der Waals surface area contributed by atoms with Crippen LogP contribution in [0.4, 0.5) is 10.5 Å². The van der Waals surface area contributed by atoms with Crippen LogP contribution in [0.25, 0.3) is 6.08 Å². The summed E-state index contributed by atoms with van der Waals surface area (Å²) in [6, 6.07) is 6.81. The van der Waals surface area contributed by atoms with Crippen LogP contribution in [0.2, 0.25) is 0 Å². The highest BCUT2D eigenvalue weighted by molar-refractivity contribution is 5.90. The number of urea groups is 1. The van der Waals surface area contributed by atoms with E-state index in [9.17, 15) is 9.59 Å². The van der Waals surface area contributed by atoms with Gasteiger partial charge in [-0.05, 0) is 44.5 Å². The molecule has 0 spiro atoms. The first kappa shape index (κ1) is 18.7. The number of amides is 2. The van der Waals surface area contributed by atoms with Gasteiger partial charge < -0.3 is 20.1 Å². The standard InChI is InChI=1S/C17H24N2O4/c1-4-23-16(21)10-7-14-5-8-15(9-6-14)18-17(22)19(11-12-20)13(2)3/h5-10,13,20H,4,11-12H2,1-3H3,(H,18,22)/b10-7+. The van der Waals surface area contributed by atoms with Gasteiger partial charge in [0.25, 0.3) is 0 Å². The number of hydrogen-bond donors (Lipinski definition) is 2. The fraction of sp³-hybridized carbons (Fsp3) is 0.412. The number of hydrogen-bond acceptors (Lipinski definition) is 4. The summed E-state index contributed by atoms with van der Waals surface area (Å²) in [6.45, 7) is 6.07. The Hall–Kier alpha value is -2.34. The van der Waals surface area contributed by atoms with Crippen LogP contribution in [0.1, 0.15) is 26.3 Å². The van der Waals surface area contributed by atoms with Gasteiger partial charge in [0.05, 0.1) is 13.2 Å². The van der Waals surface area contributed by atoms with Crippen LogP contribution in [0.15, 0.2) is 30.3 Å². The van der Waals surface area contributed by atoms with Gasteiger partial charge in [-0.25, -0.2) is 9.59 Å². The Morgan fingerprint density at radius 2 is 1.96 bits per heavy atom. The van der Waals surface area contributed by atoms with E-state index < -0.39 is 0 Å². The van der Waals surface area contributed by atoms with Crippen LogP contribution in [-0.2, 0) is 9.53 Å². The number of anilines is 1. The average Bonchev–Trinajstić information content (AvgIpc) is 2.51. The van der Waals surface area contributed by atoms with E-state index in [-0.39, 0.29) is 31.2 Å². The molecule has 0 atom stereocenters. The Kier molecular flexibility index (Phi) is 7.83. The number of carbonyl (C=O) groups excluding carboxylic acids is 2. The number of rotatable bonds is 7. The molecule has 0 aliphatic rings. The number of nitrogens with zero attached hydrogens (tertiary/aromatic N) is 1. The highest BCUT2D eigenvalue weighted by Gasteiger charge is 2.16. The minimum atomic E-state index is -0.388. The van der Waals surface area contributed by atoms with Crippen molar-refractivity contribution >= 4 is 23.8 Å². The molecule has 2 amide bonds. The second-order valence-electron chi connectivity index (χ2n) is 5.15. The summed E-state index contributed by atoms with van der Waals surface area (Å²) in [5, 5.41) is 11.8. The van der Waals surface area contributed by atoms with Gasteiger partial charge in [0.1, 0.15) is 0 Å². The molecule has 0 saturated heterocycles. The predicted octanol–water partition coefficient (Wildman–Crippen LogP) is 2.50. The van der Waals surface area contributed by atoms with Crippen LogP contribution >= 0.6 is 0 Å². The molecule has 0 aliphatic carbocycles. The number of aliphatic hydroxyl groups is 1. The van der Waals surface area contributed by atoms with Crippen molar-refractivity contribution in [2.24, 2.45) is 0 Å². The summed E-state index contributed by atoms with van der Waals surface area (Å²) in [6.07, 6.45) is 3.01. The maximum atomic E-state index is 12.1. The number of aliphatic hydroxyl groups excluding tert-OH is 1. The lowest BCUT2D eigenvalue weighted by atomic mass is 10.2. The molecule has 1 rings (SSSR count). The van der Waals surface area contributed by atoms with E-state index in [1.54, 1.807) is 42.2 Å². The zero-order valence-corrected chi connectivity index (χ0v) is 13.8. The lowest BCUT2D eigenvalue weighted by Crippen LogP contribution is -2.41. The molecule has 0 saturated carbocycles. The van der Waals surface area contributed by atoms with E-state index in [2.05, 4.69) is 5.32 Å². The quantitative estimate of drug-likeness (QED) is 0.597. The van der Waals surface area contributed by atoms with Crippen molar-refractivity contribution in [2.75, 3.05) is 25.1 Å². The Morgan fingerprint density at radius 1 is 1.30 bits per heavy atom. The average molecular weight is 320 g/mol. The second-order valence-corrected chi connectivity index (χ2v) is 5.15. The molecule has 6 nitrogen and oxygen atoms in total. The van der Waals surface area contributed by atoms with Crippen LogP contribution < -0.4 is 5.32 Å². The summed E-state index contributed by atoms with van der Waals surface area (Å²) in [5.41, 5.74) is 1.47. The first-order chi connectivity index (χ1) is 11.0. The van der Waals surface area contributed by atoms with Crippen LogP contribution in [0, 0.1) is 0 Å². The van der Waals surface area contributed by atoms with E-state index in [1.165, 1.54) is 6.08 Å². The normalized spacial score (nSPS) is 10.8. The van der Waals surface area contributed by atoms with Crippen molar-refractivity contribution in [1.82, 2.24) is 4.90 Å². The van der Waals surface area contributed by atoms with Gasteiger partial charge in [-0.2, -0.15) is 0 Å². The molecule has 0 unspecified atom stereocenters. The maximum absolute atomic E-state index is 12.1. The second kappa shape index (κ2) is 9.63. The minimum absolute atomic E-state index is 0.00562. The molecule has 126 valence electrons. The summed E-state index contributed by atoms with van der Waals surface area (Å²) in [4.78, 5) is 24.9. The highest BCUT2D eigenvalue weighted by Crippen LogP contribution is 2.12. The first-order valence-corrected chi connectivity index (χ1v) is 7.61. The van der Waals surface area contributed by atoms with Gasteiger partial charge in [-0.3, -0.25) is 0 Å². The van der Waals surface area contributed by atoms with Gasteiger partial charge in [0.2, 0.25) is 0 Å². The van der Waals surface area contributed by atoms with Gasteiger partial charge in [-0.1, -0.05) is 12.1 Å². The topological polar surface area (TPSA) is 78.9 Å². The molecule has 0 fully saturated rings. The number of carbonyl (C=O) groups is 2. The van der Waals surface area contributed by atoms with E-state index in [4.69, 9.17) is 9.84 Å². The molecular formula is C17H24N2O4. The van der Waals surface area contributed by atoms with Crippen molar-refractivity contribution in [3.8, 4) is 0 Å². The smallest absolute Gasteiger partial charge is 0.330 e. The molecule has 0 radical (unpaired) electrons. The zero-order chi connectivity index (χ0) is 17.2. The monoisotopic (exact) mass is 320 g/mol. The summed E-state index contributed by atoms with van der Waals surface area (Å²) < 4.78 is 4.80. The molecule has 23 heavy (non-hydrogen) atoms. The van der Waals surface area contributed by atoms with E-state index in [0.717, 1.165) is 5.56 Å². The predicted molar refractivity (Wildman–Crippen MR) is 90.1 cm³/mol. The molecule has 2 N–H and O–H groups in total. The molecule has 0 aromatic heterocycles. The van der Waals surface area contributed by atoms with Crippen LogP contribution in [-0.4, -0.2) is 47.8 Å². The van der Waals surface area contributed by atoms with Crippen molar-refractivity contribution in [2.45, 2.75) is 26.8 Å². The summed E-state index contributed by atoms with van der Waals surface area (Å²) in [5.74, 6) is -0.388. The van der Waals surface area contributed by atoms with Gasteiger partial charge >= 0.3 is 12.0 Å². The van der Waals surface area contributed by atoms with Crippen molar-refractivity contribution in [1.29, 1.82) is 0 Å². The number of ether oxygens (including phenoxy) is 1.